The summed E-state index contributed by atoms with van der Waals surface area (Å²) in [5.41, 5.74) is 4.86. The molecule has 1 fully saturated rings. The predicted molar refractivity (Wildman–Crippen MR) is 84.3 cm³/mol. The molecule has 0 aromatic heterocycles. The number of alkyl halides is 3. The fourth-order valence-electron chi connectivity index (χ4n) is 2.94. The van der Waals surface area contributed by atoms with Gasteiger partial charge in [0.2, 0.25) is 5.91 Å². The number of amides is 1. The van der Waals surface area contributed by atoms with Gasteiger partial charge in [-0.25, -0.2) is 0 Å². The number of rotatable bonds is 6. The summed E-state index contributed by atoms with van der Waals surface area (Å²) in [5.74, 6) is -0.357. The second kappa shape index (κ2) is 7.53. The fourth-order valence-corrected chi connectivity index (χ4v) is 2.94. The van der Waals surface area contributed by atoms with Gasteiger partial charge in [0.15, 0.2) is 0 Å². The molecular weight excluding hydrogens is 321 g/mol. The molecule has 0 spiro atoms. The molecule has 4 nitrogen and oxygen atoms in total. The molecule has 0 aliphatic carbocycles. The molecule has 24 heavy (non-hydrogen) atoms. The second-order valence-electron chi connectivity index (χ2n) is 6.44. The summed E-state index contributed by atoms with van der Waals surface area (Å²) in [6.07, 6.45) is -2.78. The minimum atomic E-state index is -4.34. The van der Waals surface area contributed by atoms with Crippen LogP contribution in [0.15, 0.2) is 24.3 Å². The third kappa shape index (κ3) is 4.70. The Morgan fingerprint density at radius 1 is 1.38 bits per heavy atom. The van der Waals surface area contributed by atoms with Crippen LogP contribution in [0.4, 0.5) is 13.2 Å². The van der Waals surface area contributed by atoms with E-state index < -0.39 is 17.2 Å². The van der Waals surface area contributed by atoms with Gasteiger partial charge in [-0.1, -0.05) is 18.2 Å². The zero-order valence-corrected chi connectivity index (χ0v) is 13.7. The Hall–Kier alpha value is -1.60. The van der Waals surface area contributed by atoms with Gasteiger partial charge in [0.05, 0.1) is 11.0 Å². The van der Waals surface area contributed by atoms with Crippen LogP contribution in [0.2, 0.25) is 0 Å². The molecule has 1 saturated heterocycles. The Bertz CT molecular complexity index is 569. The predicted octanol–water partition coefficient (Wildman–Crippen LogP) is 2.51. The minimum Gasteiger partial charge on any atom is -0.381 e. The normalized spacial score (nSPS) is 19.0. The highest BCUT2D eigenvalue weighted by molar-refractivity contribution is 5.81. The van der Waals surface area contributed by atoms with E-state index in [1.54, 1.807) is 6.07 Å². The number of carbonyl (C=O) groups excluding carboxylic acids is 1. The summed E-state index contributed by atoms with van der Waals surface area (Å²) in [6.45, 7) is 3.28. The molecular formula is C17H23F3N2O2. The van der Waals surface area contributed by atoms with E-state index in [4.69, 9.17) is 10.5 Å². The number of benzene rings is 1. The number of ether oxygens (including phenoxy) is 1. The van der Waals surface area contributed by atoms with Gasteiger partial charge in [0, 0.05) is 25.8 Å². The number of hydrogen-bond donors (Lipinski definition) is 2. The number of halogens is 3. The lowest BCUT2D eigenvalue weighted by molar-refractivity contribution is -0.137. The molecule has 2 rings (SSSR count). The van der Waals surface area contributed by atoms with E-state index in [-0.39, 0.29) is 11.9 Å². The highest BCUT2D eigenvalue weighted by atomic mass is 19.4. The molecule has 1 aliphatic heterocycles. The van der Waals surface area contributed by atoms with Crippen LogP contribution in [0.25, 0.3) is 0 Å². The van der Waals surface area contributed by atoms with Crippen LogP contribution >= 0.6 is 0 Å². The lowest BCUT2D eigenvalue weighted by atomic mass is 9.79. The summed E-state index contributed by atoms with van der Waals surface area (Å²) in [5, 5.41) is 3.24. The van der Waals surface area contributed by atoms with E-state index >= 15 is 0 Å². The fraction of sp³-hybridized carbons (Fsp3) is 0.588. The van der Waals surface area contributed by atoms with Crippen molar-refractivity contribution >= 4 is 5.91 Å². The topological polar surface area (TPSA) is 64.3 Å². The zero-order valence-electron chi connectivity index (χ0n) is 13.7. The first-order valence-electron chi connectivity index (χ1n) is 8.00. The van der Waals surface area contributed by atoms with Gasteiger partial charge >= 0.3 is 6.18 Å². The van der Waals surface area contributed by atoms with Crippen molar-refractivity contribution in [3.05, 3.63) is 35.4 Å². The Balaban J connectivity index is 1.95. The van der Waals surface area contributed by atoms with Gasteiger partial charge in [-0.15, -0.1) is 0 Å². The second-order valence-corrected chi connectivity index (χ2v) is 6.44. The monoisotopic (exact) mass is 344 g/mol. The van der Waals surface area contributed by atoms with E-state index in [0.29, 0.717) is 44.6 Å². The van der Waals surface area contributed by atoms with Gasteiger partial charge < -0.3 is 15.8 Å². The van der Waals surface area contributed by atoms with Crippen LogP contribution in [0.5, 0.6) is 0 Å². The Labute approximate surface area is 139 Å². The first-order chi connectivity index (χ1) is 11.2. The third-order valence-electron chi connectivity index (χ3n) is 4.56. The van der Waals surface area contributed by atoms with Gasteiger partial charge in [-0.2, -0.15) is 13.2 Å². The van der Waals surface area contributed by atoms with Crippen LogP contribution < -0.4 is 11.1 Å². The molecule has 0 saturated carbocycles. The molecule has 0 radical (unpaired) electrons. The van der Waals surface area contributed by atoms with Gasteiger partial charge in [0.1, 0.15) is 0 Å². The van der Waals surface area contributed by atoms with E-state index in [1.165, 1.54) is 6.07 Å². The van der Waals surface area contributed by atoms with Crippen LogP contribution in [0.3, 0.4) is 0 Å². The highest BCUT2D eigenvalue weighted by Gasteiger charge is 2.38. The Kier molecular flexibility index (Phi) is 5.87. The van der Waals surface area contributed by atoms with Crippen LogP contribution in [0.1, 0.15) is 30.9 Å². The Morgan fingerprint density at radius 2 is 2.04 bits per heavy atom. The maximum atomic E-state index is 12.8. The molecule has 1 heterocycles. The maximum absolute atomic E-state index is 12.8. The van der Waals surface area contributed by atoms with E-state index in [2.05, 4.69) is 5.32 Å². The molecule has 1 atom stereocenters. The Morgan fingerprint density at radius 3 is 2.62 bits per heavy atom. The van der Waals surface area contributed by atoms with E-state index in [0.717, 1.165) is 12.1 Å². The van der Waals surface area contributed by atoms with E-state index in [9.17, 15) is 18.0 Å². The summed E-state index contributed by atoms with van der Waals surface area (Å²) in [7, 11) is 0. The SMILES string of the molecule is C[C@H](Cc1cccc(C(F)(F)F)c1)NCC1(C(N)=O)CCOCC1. The quantitative estimate of drug-likeness (QED) is 0.833. The summed E-state index contributed by atoms with van der Waals surface area (Å²) in [4.78, 5) is 11.8. The molecule has 1 amide bonds. The van der Waals surface area contributed by atoms with Gasteiger partial charge in [-0.05, 0) is 37.8 Å². The lowest BCUT2D eigenvalue weighted by Gasteiger charge is -2.35. The van der Waals surface area contributed by atoms with Crippen molar-refractivity contribution in [1.82, 2.24) is 5.32 Å². The lowest BCUT2D eigenvalue weighted by Crippen LogP contribution is -2.50. The zero-order chi connectivity index (χ0) is 17.8. The molecule has 7 heteroatoms. The molecule has 1 aromatic carbocycles. The molecule has 0 unspecified atom stereocenters. The minimum absolute atomic E-state index is 0.0763. The number of hydrogen-bond acceptors (Lipinski definition) is 3. The van der Waals surface area contributed by atoms with Crippen LogP contribution in [-0.4, -0.2) is 31.7 Å². The van der Waals surface area contributed by atoms with E-state index in [1.807, 2.05) is 6.92 Å². The standard InChI is InChI=1S/C17H23F3N2O2/c1-12(9-13-3-2-4-14(10-13)17(18,19)20)22-11-16(15(21)23)5-7-24-8-6-16/h2-4,10,12,22H,5-9,11H2,1H3,(H2,21,23)/t12-/m1/s1. The van der Waals surface area contributed by atoms with Crippen molar-refractivity contribution in [1.29, 1.82) is 0 Å². The molecule has 3 N–H and O–H groups in total. The summed E-state index contributed by atoms with van der Waals surface area (Å²) in [6, 6.07) is 5.23. The van der Waals surface area contributed by atoms with Crippen molar-refractivity contribution in [2.75, 3.05) is 19.8 Å². The van der Waals surface area contributed by atoms with Crippen LogP contribution in [0, 0.1) is 5.41 Å². The average Bonchev–Trinajstić information content (AvgIpc) is 2.53. The largest absolute Gasteiger partial charge is 0.416 e. The smallest absolute Gasteiger partial charge is 0.381 e. The summed E-state index contributed by atoms with van der Waals surface area (Å²) >= 11 is 0. The number of primary amides is 1. The van der Waals surface area contributed by atoms with Crippen molar-refractivity contribution in [3.63, 3.8) is 0 Å². The first kappa shape index (κ1) is 18.7. The molecule has 134 valence electrons. The molecule has 1 aromatic rings. The van der Waals surface area contributed by atoms with Crippen molar-refractivity contribution < 1.29 is 22.7 Å². The third-order valence-corrected chi connectivity index (χ3v) is 4.56. The van der Waals surface area contributed by atoms with Crippen molar-refractivity contribution in [3.8, 4) is 0 Å². The summed E-state index contributed by atoms with van der Waals surface area (Å²) < 4.78 is 43.6. The average molecular weight is 344 g/mol. The van der Waals surface area contributed by atoms with Crippen molar-refractivity contribution in [2.24, 2.45) is 11.1 Å². The first-order valence-corrected chi connectivity index (χ1v) is 8.00. The number of carbonyl (C=O) groups is 1. The number of nitrogens with two attached hydrogens (primary N) is 1. The maximum Gasteiger partial charge on any atom is 0.416 e. The van der Waals surface area contributed by atoms with Gasteiger partial charge in [-0.3, -0.25) is 4.79 Å². The molecule has 0 bridgehead atoms. The number of nitrogens with one attached hydrogen (secondary N) is 1. The highest BCUT2D eigenvalue weighted by Crippen LogP contribution is 2.31. The van der Waals surface area contributed by atoms with Crippen molar-refractivity contribution in [2.45, 2.75) is 38.4 Å². The van der Waals surface area contributed by atoms with Crippen LogP contribution in [-0.2, 0) is 22.1 Å². The molecule has 1 aliphatic rings. The van der Waals surface area contributed by atoms with Gasteiger partial charge in [0.25, 0.3) is 0 Å².